The van der Waals surface area contributed by atoms with Gasteiger partial charge in [-0.1, -0.05) is 32.0 Å². The molecule has 18 heavy (non-hydrogen) atoms. The van der Waals surface area contributed by atoms with E-state index in [0.29, 0.717) is 12.6 Å². The van der Waals surface area contributed by atoms with Crippen LogP contribution < -0.4 is 5.73 Å². The molecule has 0 aliphatic carbocycles. The molecule has 2 rings (SSSR count). The lowest BCUT2D eigenvalue weighted by Gasteiger charge is -2.38. The highest BCUT2D eigenvalue weighted by Crippen LogP contribution is 2.39. The van der Waals surface area contributed by atoms with Crippen molar-refractivity contribution in [3.8, 4) is 0 Å². The van der Waals surface area contributed by atoms with Crippen molar-refractivity contribution >= 4 is 10.9 Å². The third kappa shape index (κ3) is 2.16. The molecule has 1 aromatic heterocycles. The quantitative estimate of drug-likeness (QED) is 0.870. The van der Waals surface area contributed by atoms with Crippen LogP contribution in [-0.2, 0) is 0 Å². The third-order valence-electron chi connectivity index (χ3n) is 3.70. The Kier molecular flexibility index (Phi) is 3.46. The van der Waals surface area contributed by atoms with Crippen LogP contribution in [0.4, 0.5) is 0 Å². The lowest BCUT2D eigenvalue weighted by Crippen LogP contribution is -2.38. The summed E-state index contributed by atoms with van der Waals surface area (Å²) in [7, 11) is 4.23. The molecule has 1 heterocycles. The predicted molar refractivity (Wildman–Crippen MR) is 77.6 cm³/mol. The molecule has 0 amide bonds. The summed E-state index contributed by atoms with van der Waals surface area (Å²) >= 11 is 0. The normalized spacial score (nSPS) is 14.3. The molecule has 0 fully saturated rings. The van der Waals surface area contributed by atoms with Crippen LogP contribution in [0.3, 0.4) is 0 Å². The van der Waals surface area contributed by atoms with Gasteiger partial charge in [0.05, 0.1) is 0 Å². The van der Waals surface area contributed by atoms with E-state index >= 15 is 0 Å². The number of nitrogens with one attached hydrogen (secondary N) is 1. The van der Waals surface area contributed by atoms with Crippen molar-refractivity contribution in [3.63, 3.8) is 0 Å². The van der Waals surface area contributed by atoms with Crippen molar-refractivity contribution < 1.29 is 0 Å². The van der Waals surface area contributed by atoms with Crippen LogP contribution in [0.2, 0.25) is 0 Å². The van der Waals surface area contributed by atoms with Gasteiger partial charge in [0.1, 0.15) is 0 Å². The molecule has 98 valence electrons. The van der Waals surface area contributed by atoms with Gasteiger partial charge in [-0.2, -0.15) is 0 Å². The van der Waals surface area contributed by atoms with E-state index in [1.807, 2.05) is 0 Å². The van der Waals surface area contributed by atoms with Crippen LogP contribution in [0.25, 0.3) is 10.9 Å². The molecular weight excluding hydrogens is 222 g/mol. The van der Waals surface area contributed by atoms with Crippen LogP contribution in [-0.4, -0.2) is 30.5 Å². The summed E-state index contributed by atoms with van der Waals surface area (Å²) in [5.41, 5.74) is 8.51. The maximum absolute atomic E-state index is 5.96. The number of nitrogens with zero attached hydrogens (tertiary/aromatic N) is 1. The average molecular weight is 245 g/mol. The van der Waals surface area contributed by atoms with E-state index in [2.05, 4.69) is 68.3 Å². The number of fused-ring (bicyclic) bond motifs is 1. The van der Waals surface area contributed by atoms with Gasteiger partial charge in [0.15, 0.2) is 0 Å². The Morgan fingerprint density at radius 1 is 1.28 bits per heavy atom. The molecule has 0 aliphatic heterocycles. The zero-order valence-corrected chi connectivity index (χ0v) is 11.7. The van der Waals surface area contributed by atoms with E-state index in [1.165, 1.54) is 16.5 Å². The topological polar surface area (TPSA) is 45.0 Å². The maximum atomic E-state index is 5.96. The molecule has 2 aromatic rings. The van der Waals surface area contributed by atoms with Gasteiger partial charge in [-0.05, 0) is 37.7 Å². The minimum atomic E-state index is 0.0362. The summed E-state index contributed by atoms with van der Waals surface area (Å²) in [6, 6.07) is 8.73. The lowest BCUT2D eigenvalue weighted by molar-refractivity contribution is 0.144. The van der Waals surface area contributed by atoms with Crippen molar-refractivity contribution in [1.82, 2.24) is 9.88 Å². The molecule has 3 heteroatoms. The Bertz CT molecular complexity index is 525. The van der Waals surface area contributed by atoms with E-state index in [4.69, 9.17) is 5.73 Å². The molecule has 0 radical (unpaired) electrons. The Morgan fingerprint density at radius 3 is 2.56 bits per heavy atom. The molecule has 0 aliphatic rings. The number of hydrogen-bond donors (Lipinski definition) is 2. The van der Waals surface area contributed by atoms with Gasteiger partial charge in [0, 0.05) is 23.1 Å². The second kappa shape index (κ2) is 4.75. The number of hydrogen-bond acceptors (Lipinski definition) is 2. The first-order valence-electron chi connectivity index (χ1n) is 6.40. The Balaban J connectivity index is 2.56. The number of benzene rings is 1. The Morgan fingerprint density at radius 2 is 1.94 bits per heavy atom. The molecule has 0 saturated heterocycles. The average Bonchev–Trinajstić information content (AvgIpc) is 2.73. The van der Waals surface area contributed by atoms with Crippen LogP contribution in [0.1, 0.15) is 25.5 Å². The molecule has 1 aromatic carbocycles. The fourth-order valence-electron chi connectivity index (χ4n) is 2.83. The van der Waals surface area contributed by atoms with Crippen LogP contribution in [0.5, 0.6) is 0 Å². The lowest BCUT2D eigenvalue weighted by atomic mass is 9.79. The number of para-hydroxylation sites is 1. The molecule has 1 atom stereocenters. The molecule has 1 unspecified atom stereocenters. The first-order valence-corrected chi connectivity index (χ1v) is 6.40. The standard InChI is InChI=1S/C15H23N3/c1-15(2,10-16)14(18(3)4)12-9-17-13-8-6-5-7-11(12)13/h5-9,14,17H,10,16H2,1-4H3. The van der Waals surface area contributed by atoms with Gasteiger partial charge in [-0.3, -0.25) is 0 Å². The summed E-state index contributed by atoms with van der Waals surface area (Å²) in [6.45, 7) is 5.11. The van der Waals surface area contributed by atoms with Crippen molar-refractivity contribution in [3.05, 3.63) is 36.0 Å². The van der Waals surface area contributed by atoms with Crippen molar-refractivity contribution in [2.24, 2.45) is 11.1 Å². The number of H-pyrrole nitrogens is 1. The number of aromatic nitrogens is 1. The van der Waals surface area contributed by atoms with Gasteiger partial charge in [0.2, 0.25) is 0 Å². The van der Waals surface area contributed by atoms with E-state index in [1.54, 1.807) is 0 Å². The van der Waals surface area contributed by atoms with Gasteiger partial charge >= 0.3 is 0 Å². The maximum Gasteiger partial charge on any atom is 0.0457 e. The minimum Gasteiger partial charge on any atom is -0.361 e. The Labute approximate surface area is 109 Å². The molecule has 0 spiro atoms. The highest BCUT2D eigenvalue weighted by Gasteiger charge is 2.32. The zero-order chi connectivity index (χ0) is 13.3. The molecule has 3 N–H and O–H groups in total. The molecule has 3 nitrogen and oxygen atoms in total. The SMILES string of the molecule is CN(C)C(c1c[nH]c2ccccc12)C(C)(C)CN. The third-order valence-corrected chi connectivity index (χ3v) is 3.70. The van der Waals surface area contributed by atoms with Crippen LogP contribution in [0.15, 0.2) is 30.5 Å². The monoisotopic (exact) mass is 245 g/mol. The summed E-state index contributed by atoms with van der Waals surface area (Å²) in [5.74, 6) is 0. The fourth-order valence-corrected chi connectivity index (χ4v) is 2.83. The highest BCUT2D eigenvalue weighted by molar-refractivity contribution is 5.83. The zero-order valence-electron chi connectivity index (χ0n) is 11.7. The number of aromatic amines is 1. The van der Waals surface area contributed by atoms with Crippen molar-refractivity contribution in [2.75, 3.05) is 20.6 Å². The van der Waals surface area contributed by atoms with Crippen LogP contribution >= 0.6 is 0 Å². The summed E-state index contributed by atoms with van der Waals surface area (Å²) in [6.07, 6.45) is 2.12. The smallest absolute Gasteiger partial charge is 0.0457 e. The largest absolute Gasteiger partial charge is 0.361 e. The van der Waals surface area contributed by atoms with E-state index in [-0.39, 0.29) is 5.41 Å². The first-order chi connectivity index (χ1) is 8.47. The number of rotatable bonds is 4. The first kappa shape index (κ1) is 13.1. The number of nitrogens with two attached hydrogens (primary N) is 1. The van der Waals surface area contributed by atoms with Gasteiger partial charge in [-0.25, -0.2) is 0 Å². The second-order valence-corrected chi connectivity index (χ2v) is 5.85. The predicted octanol–water partition coefficient (Wildman–Crippen LogP) is 2.76. The van der Waals surface area contributed by atoms with Crippen molar-refractivity contribution in [2.45, 2.75) is 19.9 Å². The van der Waals surface area contributed by atoms with E-state index in [0.717, 1.165) is 0 Å². The van der Waals surface area contributed by atoms with E-state index in [9.17, 15) is 0 Å². The minimum absolute atomic E-state index is 0.0362. The summed E-state index contributed by atoms with van der Waals surface area (Å²) in [4.78, 5) is 5.60. The summed E-state index contributed by atoms with van der Waals surface area (Å²) in [5, 5.41) is 1.29. The molecular formula is C15H23N3. The highest BCUT2D eigenvalue weighted by atomic mass is 15.1. The van der Waals surface area contributed by atoms with Crippen molar-refractivity contribution in [1.29, 1.82) is 0 Å². The second-order valence-electron chi connectivity index (χ2n) is 5.85. The fraction of sp³-hybridized carbons (Fsp3) is 0.467. The van der Waals surface area contributed by atoms with Crippen LogP contribution in [0, 0.1) is 5.41 Å². The van der Waals surface area contributed by atoms with Gasteiger partial charge in [-0.15, -0.1) is 0 Å². The summed E-state index contributed by atoms with van der Waals surface area (Å²) < 4.78 is 0. The Hall–Kier alpha value is -1.32. The van der Waals surface area contributed by atoms with Gasteiger partial charge < -0.3 is 15.6 Å². The molecule has 0 saturated carbocycles. The van der Waals surface area contributed by atoms with E-state index < -0.39 is 0 Å². The molecule has 0 bridgehead atoms. The van der Waals surface area contributed by atoms with Gasteiger partial charge in [0.25, 0.3) is 0 Å².